The second-order valence-electron chi connectivity index (χ2n) is 4.01. The number of aromatic nitrogens is 2. The van der Waals surface area contributed by atoms with Gasteiger partial charge in [0.05, 0.1) is 0 Å². The molecule has 6 heteroatoms. The molecule has 0 aliphatic heterocycles. The van der Waals surface area contributed by atoms with Gasteiger partial charge in [-0.05, 0) is 24.1 Å². The van der Waals surface area contributed by atoms with E-state index >= 15 is 0 Å². The van der Waals surface area contributed by atoms with Gasteiger partial charge in [-0.15, -0.1) is 10.2 Å². The van der Waals surface area contributed by atoms with Gasteiger partial charge < -0.3 is 4.90 Å². The van der Waals surface area contributed by atoms with Crippen LogP contribution < -0.4 is 0 Å². The summed E-state index contributed by atoms with van der Waals surface area (Å²) in [4.78, 5) is 13.6. The number of benzene rings is 1. The van der Waals surface area contributed by atoms with E-state index in [0.717, 1.165) is 16.9 Å². The second kappa shape index (κ2) is 5.46. The first-order valence-electron chi connectivity index (χ1n) is 5.36. The highest BCUT2D eigenvalue weighted by molar-refractivity contribution is 7.17. The number of hydrogen-bond donors (Lipinski definition) is 0. The Balaban J connectivity index is 2.08. The molecule has 0 saturated carbocycles. The van der Waals surface area contributed by atoms with Gasteiger partial charge >= 0.3 is 0 Å². The Morgan fingerprint density at radius 3 is 2.83 bits per heavy atom. The van der Waals surface area contributed by atoms with Crippen LogP contribution in [0, 0.1) is 6.92 Å². The Morgan fingerprint density at radius 1 is 1.44 bits per heavy atom. The van der Waals surface area contributed by atoms with Gasteiger partial charge in [-0.1, -0.05) is 41.2 Å². The quantitative estimate of drug-likeness (QED) is 0.869. The standard InChI is InChI=1S/C12H12ClN3OS/c1-8-4-3-5-9(6-8)7-16(2)11(17)10-14-15-12(13)18-10/h3-6H,7H2,1-2H3. The van der Waals surface area contributed by atoms with Crippen LogP contribution in [0.3, 0.4) is 0 Å². The molecular formula is C12H12ClN3OS. The number of carbonyl (C=O) groups excluding carboxylic acids is 1. The molecule has 0 radical (unpaired) electrons. The van der Waals surface area contributed by atoms with Crippen LogP contribution in [0.25, 0.3) is 0 Å². The van der Waals surface area contributed by atoms with Crippen molar-refractivity contribution in [1.82, 2.24) is 15.1 Å². The highest BCUT2D eigenvalue weighted by Crippen LogP contribution is 2.17. The number of amides is 1. The third-order valence-electron chi connectivity index (χ3n) is 2.43. The summed E-state index contributed by atoms with van der Waals surface area (Å²) in [6, 6.07) is 8.04. The largest absolute Gasteiger partial charge is 0.335 e. The highest BCUT2D eigenvalue weighted by Gasteiger charge is 2.16. The fourth-order valence-electron chi connectivity index (χ4n) is 1.61. The molecule has 0 saturated heterocycles. The summed E-state index contributed by atoms with van der Waals surface area (Å²) < 4.78 is 0.280. The third kappa shape index (κ3) is 3.05. The second-order valence-corrected chi connectivity index (χ2v) is 5.57. The average molecular weight is 282 g/mol. The van der Waals surface area contributed by atoms with Gasteiger partial charge in [-0.25, -0.2) is 0 Å². The van der Waals surface area contributed by atoms with Crippen molar-refractivity contribution in [3.63, 3.8) is 0 Å². The van der Waals surface area contributed by atoms with E-state index in [1.54, 1.807) is 11.9 Å². The maximum absolute atomic E-state index is 12.0. The van der Waals surface area contributed by atoms with Crippen molar-refractivity contribution in [2.24, 2.45) is 0 Å². The van der Waals surface area contributed by atoms with Crippen molar-refractivity contribution in [2.75, 3.05) is 7.05 Å². The number of nitrogens with zero attached hydrogens (tertiary/aromatic N) is 3. The van der Waals surface area contributed by atoms with Crippen molar-refractivity contribution < 1.29 is 4.79 Å². The molecule has 1 amide bonds. The maximum atomic E-state index is 12.0. The van der Waals surface area contributed by atoms with Crippen LogP contribution in [0.4, 0.5) is 0 Å². The molecule has 4 nitrogen and oxygen atoms in total. The van der Waals surface area contributed by atoms with Crippen LogP contribution in [0.15, 0.2) is 24.3 Å². The Labute approximate surface area is 114 Å². The van der Waals surface area contributed by atoms with E-state index in [1.807, 2.05) is 25.1 Å². The van der Waals surface area contributed by atoms with Crippen LogP contribution in [-0.2, 0) is 6.54 Å². The van der Waals surface area contributed by atoms with Gasteiger partial charge in [-0.3, -0.25) is 4.79 Å². The fourth-order valence-corrected chi connectivity index (χ4v) is 2.43. The van der Waals surface area contributed by atoms with Crippen molar-refractivity contribution in [2.45, 2.75) is 13.5 Å². The zero-order chi connectivity index (χ0) is 13.1. The summed E-state index contributed by atoms with van der Waals surface area (Å²) >= 11 is 6.75. The molecule has 0 atom stereocenters. The predicted octanol–water partition coefficient (Wildman–Crippen LogP) is 2.77. The SMILES string of the molecule is Cc1cccc(CN(C)C(=O)c2nnc(Cl)s2)c1. The van der Waals surface area contributed by atoms with Gasteiger partial charge in [-0.2, -0.15) is 0 Å². The van der Waals surface area contributed by atoms with Crippen LogP contribution >= 0.6 is 22.9 Å². The van der Waals surface area contributed by atoms with Crippen LogP contribution in [-0.4, -0.2) is 28.1 Å². The molecule has 18 heavy (non-hydrogen) atoms. The molecule has 1 heterocycles. The maximum Gasteiger partial charge on any atom is 0.284 e. The molecule has 2 aromatic rings. The molecular weight excluding hydrogens is 270 g/mol. The average Bonchev–Trinajstić information content (AvgIpc) is 2.75. The Hall–Kier alpha value is -1.46. The van der Waals surface area contributed by atoms with E-state index in [-0.39, 0.29) is 10.4 Å². The molecule has 2 rings (SSSR count). The summed E-state index contributed by atoms with van der Waals surface area (Å²) in [6.45, 7) is 2.56. The molecule has 0 spiro atoms. The third-order valence-corrected chi connectivity index (χ3v) is 3.44. The van der Waals surface area contributed by atoms with Crippen LogP contribution in [0.1, 0.15) is 20.9 Å². The smallest absolute Gasteiger partial charge is 0.284 e. The minimum Gasteiger partial charge on any atom is -0.335 e. The minimum absolute atomic E-state index is 0.166. The molecule has 0 aliphatic rings. The molecule has 0 fully saturated rings. The van der Waals surface area contributed by atoms with Gasteiger partial charge in [0.2, 0.25) is 9.47 Å². The summed E-state index contributed by atoms with van der Waals surface area (Å²) in [5.41, 5.74) is 2.26. The summed E-state index contributed by atoms with van der Waals surface area (Å²) in [5.74, 6) is -0.166. The van der Waals surface area contributed by atoms with Crippen molar-refractivity contribution in [3.8, 4) is 0 Å². The minimum atomic E-state index is -0.166. The Morgan fingerprint density at radius 2 is 2.22 bits per heavy atom. The van der Waals surface area contributed by atoms with Gasteiger partial charge in [0.1, 0.15) is 0 Å². The zero-order valence-corrected chi connectivity index (χ0v) is 11.6. The van der Waals surface area contributed by atoms with E-state index in [0.29, 0.717) is 11.6 Å². The lowest BCUT2D eigenvalue weighted by molar-refractivity contribution is 0.0784. The van der Waals surface area contributed by atoms with Crippen molar-refractivity contribution in [3.05, 3.63) is 44.9 Å². The van der Waals surface area contributed by atoms with Crippen molar-refractivity contribution in [1.29, 1.82) is 0 Å². The number of halogens is 1. The van der Waals surface area contributed by atoms with E-state index in [1.165, 1.54) is 5.56 Å². The lowest BCUT2D eigenvalue weighted by Gasteiger charge is -2.15. The van der Waals surface area contributed by atoms with Crippen LogP contribution in [0.5, 0.6) is 0 Å². The molecule has 1 aromatic carbocycles. The van der Waals surface area contributed by atoms with Gasteiger partial charge in [0, 0.05) is 13.6 Å². The molecule has 0 aliphatic carbocycles. The lowest BCUT2D eigenvalue weighted by Crippen LogP contribution is -2.26. The Kier molecular flexibility index (Phi) is 3.93. The summed E-state index contributed by atoms with van der Waals surface area (Å²) in [6.07, 6.45) is 0. The monoisotopic (exact) mass is 281 g/mol. The normalized spacial score (nSPS) is 10.4. The predicted molar refractivity (Wildman–Crippen MR) is 71.9 cm³/mol. The number of rotatable bonds is 3. The Bertz CT molecular complexity index is 570. The van der Waals surface area contributed by atoms with Gasteiger partial charge in [0.25, 0.3) is 5.91 Å². The molecule has 0 N–H and O–H groups in total. The number of aryl methyl sites for hydroxylation is 1. The molecule has 0 unspecified atom stereocenters. The van der Waals surface area contributed by atoms with E-state index in [2.05, 4.69) is 16.3 Å². The van der Waals surface area contributed by atoms with Crippen molar-refractivity contribution >= 4 is 28.8 Å². The first-order chi connectivity index (χ1) is 8.56. The number of carbonyl (C=O) groups is 1. The molecule has 94 valence electrons. The van der Waals surface area contributed by atoms with Gasteiger partial charge in [0.15, 0.2) is 0 Å². The van der Waals surface area contributed by atoms with E-state index < -0.39 is 0 Å². The highest BCUT2D eigenvalue weighted by atomic mass is 35.5. The fraction of sp³-hybridized carbons (Fsp3) is 0.250. The molecule has 0 bridgehead atoms. The topological polar surface area (TPSA) is 46.1 Å². The summed E-state index contributed by atoms with van der Waals surface area (Å²) in [5, 5.41) is 7.68. The van der Waals surface area contributed by atoms with Crippen LogP contribution in [0.2, 0.25) is 4.47 Å². The van der Waals surface area contributed by atoms with E-state index in [9.17, 15) is 4.79 Å². The van der Waals surface area contributed by atoms with E-state index in [4.69, 9.17) is 11.6 Å². The first kappa shape index (κ1) is 13.0. The number of hydrogen-bond acceptors (Lipinski definition) is 4. The first-order valence-corrected chi connectivity index (χ1v) is 6.55. The zero-order valence-electron chi connectivity index (χ0n) is 10.1. The molecule has 1 aromatic heterocycles. The summed E-state index contributed by atoms with van der Waals surface area (Å²) in [7, 11) is 1.74. The lowest BCUT2D eigenvalue weighted by atomic mass is 10.1.